The van der Waals surface area contributed by atoms with Crippen molar-refractivity contribution in [3.63, 3.8) is 0 Å². The molecule has 1 aliphatic heterocycles. The highest BCUT2D eigenvalue weighted by atomic mass is 16.5. The van der Waals surface area contributed by atoms with Crippen LogP contribution in [-0.2, 0) is 11.3 Å². The maximum absolute atomic E-state index is 12.0. The van der Waals surface area contributed by atoms with E-state index in [4.69, 9.17) is 4.74 Å². The smallest absolute Gasteiger partial charge is 0.242 e. The normalized spacial score (nSPS) is 14.7. The van der Waals surface area contributed by atoms with Gasteiger partial charge in [-0.05, 0) is 37.5 Å². The van der Waals surface area contributed by atoms with E-state index in [1.807, 2.05) is 31.2 Å². The second kappa shape index (κ2) is 9.02. The Labute approximate surface area is 137 Å². The Kier molecular flexibility index (Phi) is 6.72. The molecule has 2 rings (SSSR count). The van der Waals surface area contributed by atoms with Gasteiger partial charge in [-0.2, -0.15) is 0 Å². The molecule has 0 unspecified atom stereocenters. The third kappa shape index (κ3) is 5.47. The third-order valence-corrected chi connectivity index (χ3v) is 3.76. The molecule has 23 heavy (non-hydrogen) atoms. The number of ether oxygens (including phenoxy) is 1. The van der Waals surface area contributed by atoms with Crippen LogP contribution in [-0.4, -0.2) is 50.1 Å². The lowest BCUT2D eigenvalue weighted by atomic mass is 10.2. The van der Waals surface area contributed by atoms with Gasteiger partial charge in [-0.3, -0.25) is 4.79 Å². The molecule has 1 aromatic carbocycles. The van der Waals surface area contributed by atoms with Crippen LogP contribution in [0.2, 0.25) is 0 Å². The van der Waals surface area contributed by atoms with Gasteiger partial charge in [-0.15, -0.1) is 0 Å². The number of aliphatic imine (C=N–C) groups is 1. The van der Waals surface area contributed by atoms with E-state index in [0.29, 0.717) is 6.54 Å². The summed E-state index contributed by atoms with van der Waals surface area (Å²) in [5.41, 5.74) is 1.04. The Balaban J connectivity index is 1.81. The molecule has 1 fully saturated rings. The summed E-state index contributed by atoms with van der Waals surface area (Å²) in [6, 6.07) is 7.65. The van der Waals surface area contributed by atoms with Crippen LogP contribution >= 0.6 is 0 Å². The lowest BCUT2D eigenvalue weighted by Gasteiger charge is -2.20. The van der Waals surface area contributed by atoms with Gasteiger partial charge in [-0.1, -0.05) is 12.1 Å². The number of methoxy groups -OCH3 is 1. The molecule has 1 aliphatic rings. The van der Waals surface area contributed by atoms with E-state index < -0.39 is 0 Å². The van der Waals surface area contributed by atoms with E-state index in [-0.39, 0.29) is 12.5 Å². The molecule has 6 heteroatoms. The quantitative estimate of drug-likeness (QED) is 0.614. The molecule has 0 atom stereocenters. The van der Waals surface area contributed by atoms with Crippen LogP contribution in [0.25, 0.3) is 0 Å². The van der Waals surface area contributed by atoms with Gasteiger partial charge in [0.1, 0.15) is 12.3 Å². The predicted molar refractivity (Wildman–Crippen MR) is 91.6 cm³/mol. The molecule has 126 valence electrons. The zero-order chi connectivity index (χ0) is 16.5. The highest BCUT2D eigenvalue weighted by Gasteiger charge is 2.15. The lowest BCUT2D eigenvalue weighted by Crippen LogP contribution is -2.40. The van der Waals surface area contributed by atoms with Crippen LogP contribution in [0.3, 0.4) is 0 Å². The summed E-state index contributed by atoms with van der Waals surface area (Å²) in [5, 5.41) is 6.14. The fraction of sp³-hybridized carbons (Fsp3) is 0.529. The molecule has 1 aromatic rings. The van der Waals surface area contributed by atoms with Gasteiger partial charge in [0, 0.05) is 26.2 Å². The van der Waals surface area contributed by atoms with Crippen LogP contribution in [0.4, 0.5) is 0 Å². The number of guanidine groups is 1. The van der Waals surface area contributed by atoms with Crippen LogP contribution < -0.4 is 15.4 Å². The minimum absolute atomic E-state index is 0.0737. The predicted octanol–water partition coefficient (Wildman–Crippen LogP) is 1.37. The fourth-order valence-electron chi connectivity index (χ4n) is 2.50. The number of amides is 1. The molecule has 1 amide bonds. The number of hydrogen-bond donors (Lipinski definition) is 2. The Bertz CT molecular complexity index is 522. The number of rotatable bonds is 6. The SMILES string of the molecule is CCNC(=NCC(=O)NCc1ccc(OC)cc1)N1CCCC1. The minimum Gasteiger partial charge on any atom is -0.497 e. The number of likely N-dealkylation sites (tertiary alicyclic amines) is 1. The van der Waals surface area contributed by atoms with Crippen molar-refractivity contribution in [3.8, 4) is 5.75 Å². The third-order valence-electron chi connectivity index (χ3n) is 3.76. The first-order chi connectivity index (χ1) is 11.2. The van der Waals surface area contributed by atoms with Crippen LogP contribution in [0, 0.1) is 0 Å². The van der Waals surface area contributed by atoms with E-state index in [9.17, 15) is 4.79 Å². The average Bonchev–Trinajstić information content (AvgIpc) is 3.11. The second-order valence-electron chi connectivity index (χ2n) is 5.49. The lowest BCUT2D eigenvalue weighted by molar-refractivity contribution is -0.119. The summed E-state index contributed by atoms with van der Waals surface area (Å²) in [6.45, 7) is 5.52. The van der Waals surface area contributed by atoms with Crippen LogP contribution in [0.1, 0.15) is 25.3 Å². The van der Waals surface area contributed by atoms with Gasteiger partial charge < -0.3 is 20.3 Å². The maximum Gasteiger partial charge on any atom is 0.242 e. The number of hydrogen-bond acceptors (Lipinski definition) is 3. The Morgan fingerprint density at radius 1 is 1.22 bits per heavy atom. The Morgan fingerprint density at radius 3 is 2.52 bits per heavy atom. The Hall–Kier alpha value is -2.24. The van der Waals surface area contributed by atoms with Crippen molar-refractivity contribution >= 4 is 11.9 Å². The molecular weight excluding hydrogens is 292 g/mol. The largest absolute Gasteiger partial charge is 0.497 e. The van der Waals surface area contributed by atoms with Crippen LogP contribution in [0.5, 0.6) is 5.75 Å². The van der Waals surface area contributed by atoms with E-state index in [0.717, 1.165) is 36.9 Å². The summed E-state index contributed by atoms with van der Waals surface area (Å²) in [4.78, 5) is 18.6. The van der Waals surface area contributed by atoms with Gasteiger partial charge in [-0.25, -0.2) is 4.99 Å². The molecule has 1 saturated heterocycles. The molecule has 0 saturated carbocycles. The van der Waals surface area contributed by atoms with E-state index in [2.05, 4.69) is 20.5 Å². The van der Waals surface area contributed by atoms with E-state index >= 15 is 0 Å². The van der Waals surface area contributed by atoms with Gasteiger partial charge in [0.25, 0.3) is 0 Å². The molecule has 6 nitrogen and oxygen atoms in total. The molecular formula is C17H26N4O2. The van der Waals surface area contributed by atoms with Crippen molar-refractivity contribution in [2.24, 2.45) is 4.99 Å². The Morgan fingerprint density at radius 2 is 1.91 bits per heavy atom. The first-order valence-corrected chi connectivity index (χ1v) is 8.16. The van der Waals surface area contributed by atoms with Crippen LogP contribution in [0.15, 0.2) is 29.3 Å². The summed E-state index contributed by atoms with van der Waals surface area (Å²) in [7, 11) is 1.64. The van der Waals surface area contributed by atoms with Gasteiger partial charge in [0.05, 0.1) is 7.11 Å². The van der Waals surface area contributed by atoms with Crippen molar-refractivity contribution in [3.05, 3.63) is 29.8 Å². The number of benzene rings is 1. The van der Waals surface area contributed by atoms with Crippen molar-refractivity contribution in [1.29, 1.82) is 0 Å². The molecule has 0 spiro atoms. The summed E-state index contributed by atoms with van der Waals surface area (Å²) in [5.74, 6) is 1.57. The summed E-state index contributed by atoms with van der Waals surface area (Å²) in [6.07, 6.45) is 2.38. The molecule has 1 heterocycles. The van der Waals surface area contributed by atoms with Gasteiger partial charge >= 0.3 is 0 Å². The van der Waals surface area contributed by atoms with Crippen molar-refractivity contribution in [2.45, 2.75) is 26.3 Å². The zero-order valence-electron chi connectivity index (χ0n) is 14.0. The van der Waals surface area contributed by atoms with Crippen molar-refractivity contribution in [1.82, 2.24) is 15.5 Å². The first kappa shape index (κ1) is 17.1. The first-order valence-electron chi connectivity index (χ1n) is 8.16. The van der Waals surface area contributed by atoms with Gasteiger partial charge in [0.2, 0.25) is 5.91 Å². The van der Waals surface area contributed by atoms with E-state index in [1.54, 1.807) is 7.11 Å². The minimum atomic E-state index is -0.0737. The zero-order valence-corrected chi connectivity index (χ0v) is 14.0. The van der Waals surface area contributed by atoms with E-state index in [1.165, 1.54) is 12.8 Å². The summed E-state index contributed by atoms with van der Waals surface area (Å²) >= 11 is 0. The number of nitrogens with one attached hydrogen (secondary N) is 2. The number of carbonyl (C=O) groups is 1. The highest BCUT2D eigenvalue weighted by Crippen LogP contribution is 2.11. The monoisotopic (exact) mass is 318 g/mol. The number of carbonyl (C=O) groups excluding carboxylic acids is 1. The maximum atomic E-state index is 12.0. The molecule has 0 aliphatic carbocycles. The standard InChI is InChI=1S/C17H26N4O2/c1-3-18-17(21-10-4-5-11-21)20-13-16(22)19-12-14-6-8-15(23-2)9-7-14/h6-9H,3-5,10-13H2,1-2H3,(H,18,20)(H,19,22). The summed E-state index contributed by atoms with van der Waals surface area (Å²) < 4.78 is 5.11. The topological polar surface area (TPSA) is 66.0 Å². The molecule has 0 radical (unpaired) electrons. The van der Waals surface area contributed by atoms with Crippen molar-refractivity contribution in [2.75, 3.05) is 33.3 Å². The average molecular weight is 318 g/mol. The van der Waals surface area contributed by atoms with Crippen molar-refractivity contribution < 1.29 is 9.53 Å². The molecule has 0 aromatic heterocycles. The molecule has 0 bridgehead atoms. The van der Waals surface area contributed by atoms with Gasteiger partial charge in [0.15, 0.2) is 5.96 Å². The number of nitrogens with zero attached hydrogens (tertiary/aromatic N) is 2. The molecule has 2 N–H and O–H groups in total. The fourth-order valence-corrected chi connectivity index (χ4v) is 2.50. The second-order valence-corrected chi connectivity index (χ2v) is 5.49. The highest BCUT2D eigenvalue weighted by molar-refractivity contribution is 5.85.